The van der Waals surface area contributed by atoms with Gasteiger partial charge in [-0.05, 0) is 59.9 Å². The molecule has 0 fully saturated rings. The summed E-state index contributed by atoms with van der Waals surface area (Å²) in [4.78, 5) is 36.1. The number of carbonyl (C=O) groups is 3. The number of methoxy groups -OCH3 is 1. The number of rotatable bonds is 8. The first kappa shape index (κ1) is 21.3. The summed E-state index contributed by atoms with van der Waals surface area (Å²) in [5.41, 5.74) is 5.56. The third kappa shape index (κ3) is 4.39. The fraction of sp³-hybridized carbons (Fsp3) is 0.192. The summed E-state index contributed by atoms with van der Waals surface area (Å²) in [6.07, 6.45) is 0.850. The van der Waals surface area contributed by atoms with Gasteiger partial charge < -0.3 is 14.2 Å². The molecular formula is C26H22O6. The molecular weight excluding hydrogens is 408 g/mol. The highest BCUT2D eigenvalue weighted by molar-refractivity contribution is 5.99. The number of Topliss-reactive ketones (excluding diaryl/α,β-unsaturated/α-hetero) is 2. The first-order chi connectivity index (χ1) is 15.5. The van der Waals surface area contributed by atoms with Crippen molar-refractivity contribution in [3.8, 4) is 22.6 Å². The van der Waals surface area contributed by atoms with Crippen molar-refractivity contribution in [1.82, 2.24) is 0 Å². The minimum absolute atomic E-state index is 0.109. The van der Waals surface area contributed by atoms with Crippen molar-refractivity contribution in [2.75, 3.05) is 20.3 Å². The van der Waals surface area contributed by atoms with Crippen molar-refractivity contribution in [3.05, 3.63) is 82.9 Å². The Labute approximate surface area is 185 Å². The molecule has 1 aliphatic rings. The van der Waals surface area contributed by atoms with E-state index in [0.29, 0.717) is 22.6 Å². The maximum atomic E-state index is 12.6. The van der Waals surface area contributed by atoms with Gasteiger partial charge >= 0.3 is 5.97 Å². The van der Waals surface area contributed by atoms with Gasteiger partial charge in [0.2, 0.25) is 0 Å². The van der Waals surface area contributed by atoms with Crippen LogP contribution in [0.1, 0.15) is 38.8 Å². The van der Waals surface area contributed by atoms with E-state index in [1.54, 1.807) is 24.3 Å². The topological polar surface area (TPSA) is 78.9 Å². The number of esters is 1. The van der Waals surface area contributed by atoms with Crippen LogP contribution < -0.4 is 9.47 Å². The van der Waals surface area contributed by atoms with Crippen molar-refractivity contribution < 1.29 is 28.6 Å². The smallest absolute Gasteiger partial charge is 0.344 e. The number of ether oxygens (including phenoxy) is 3. The van der Waals surface area contributed by atoms with Crippen LogP contribution in [0.25, 0.3) is 11.1 Å². The number of hydrogen-bond acceptors (Lipinski definition) is 6. The Bertz CT molecular complexity index is 1210. The molecule has 6 nitrogen and oxygen atoms in total. The molecule has 0 saturated heterocycles. The van der Waals surface area contributed by atoms with Gasteiger partial charge in [0.15, 0.2) is 36.3 Å². The second-order valence-electron chi connectivity index (χ2n) is 7.50. The Morgan fingerprint density at radius 2 is 1.56 bits per heavy atom. The normalized spacial score (nSPS) is 11.3. The molecule has 0 unspecified atom stereocenters. The van der Waals surface area contributed by atoms with Gasteiger partial charge in [-0.1, -0.05) is 36.4 Å². The summed E-state index contributed by atoms with van der Waals surface area (Å²) in [7, 11) is 1.44. The predicted octanol–water partition coefficient (Wildman–Crippen LogP) is 4.27. The van der Waals surface area contributed by atoms with E-state index < -0.39 is 5.97 Å². The maximum absolute atomic E-state index is 12.6. The molecule has 0 bridgehead atoms. The Balaban J connectivity index is 1.34. The lowest BCUT2D eigenvalue weighted by Crippen LogP contribution is -2.19. The van der Waals surface area contributed by atoms with Crippen LogP contribution in [0.3, 0.4) is 0 Å². The molecule has 1 aliphatic carbocycles. The van der Waals surface area contributed by atoms with E-state index in [1.165, 1.54) is 25.2 Å². The lowest BCUT2D eigenvalue weighted by Gasteiger charge is -2.11. The maximum Gasteiger partial charge on any atom is 0.344 e. The van der Waals surface area contributed by atoms with E-state index in [-0.39, 0.29) is 24.8 Å². The van der Waals surface area contributed by atoms with Crippen LogP contribution in [0.4, 0.5) is 0 Å². The number of fused-ring (bicyclic) bond motifs is 3. The Kier molecular flexibility index (Phi) is 6.03. The Morgan fingerprint density at radius 1 is 0.812 bits per heavy atom. The lowest BCUT2D eigenvalue weighted by molar-refractivity contribution is -0.144. The molecule has 0 aromatic heterocycles. The first-order valence-corrected chi connectivity index (χ1v) is 10.2. The van der Waals surface area contributed by atoms with E-state index in [9.17, 15) is 14.4 Å². The zero-order valence-corrected chi connectivity index (χ0v) is 17.8. The average Bonchev–Trinajstić information content (AvgIpc) is 3.18. The molecule has 0 radical (unpaired) electrons. The van der Waals surface area contributed by atoms with Crippen molar-refractivity contribution in [2.45, 2.75) is 13.3 Å². The van der Waals surface area contributed by atoms with Crippen LogP contribution in [0.15, 0.2) is 60.7 Å². The van der Waals surface area contributed by atoms with Crippen LogP contribution in [0.2, 0.25) is 0 Å². The molecule has 0 saturated carbocycles. The van der Waals surface area contributed by atoms with E-state index in [4.69, 9.17) is 14.2 Å². The SMILES string of the molecule is COc1cc(C(C)=O)ccc1OCC(=O)OCC(=O)c1ccc2c(c1)-c1ccccc1C2. The molecule has 0 spiro atoms. The van der Waals surface area contributed by atoms with Gasteiger partial charge in [0.05, 0.1) is 7.11 Å². The highest BCUT2D eigenvalue weighted by atomic mass is 16.6. The van der Waals surface area contributed by atoms with E-state index in [0.717, 1.165) is 17.5 Å². The van der Waals surface area contributed by atoms with Crippen molar-refractivity contribution >= 4 is 17.5 Å². The molecule has 3 aromatic rings. The largest absolute Gasteiger partial charge is 0.493 e. The fourth-order valence-electron chi connectivity index (χ4n) is 3.71. The highest BCUT2D eigenvalue weighted by Gasteiger charge is 2.20. The van der Waals surface area contributed by atoms with Gasteiger partial charge in [0.25, 0.3) is 0 Å². The number of benzene rings is 3. The van der Waals surface area contributed by atoms with Gasteiger partial charge in [-0.25, -0.2) is 4.79 Å². The quantitative estimate of drug-likeness (QED) is 0.307. The van der Waals surface area contributed by atoms with Crippen molar-refractivity contribution in [3.63, 3.8) is 0 Å². The molecule has 32 heavy (non-hydrogen) atoms. The Morgan fingerprint density at radius 3 is 2.34 bits per heavy atom. The average molecular weight is 430 g/mol. The number of hydrogen-bond donors (Lipinski definition) is 0. The van der Waals surface area contributed by atoms with E-state index in [1.807, 2.05) is 30.3 Å². The molecule has 0 heterocycles. The molecule has 0 N–H and O–H groups in total. The fourth-order valence-corrected chi connectivity index (χ4v) is 3.71. The van der Waals surface area contributed by atoms with Gasteiger partial charge in [-0.15, -0.1) is 0 Å². The van der Waals surface area contributed by atoms with E-state index in [2.05, 4.69) is 6.07 Å². The van der Waals surface area contributed by atoms with Gasteiger partial charge in [0.1, 0.15) is 0 Å². The van der Waals surface area contributed by atoms with Crippen LogP contribution in [-0.2, 0) is 16.0 Å². The van der Waals surface area contributed by atoms with Crippen molar-refractivity contribution in [1.29, 1.82) is 0 Å². The van der Waals surface area contributed by atoms with E-state index >= 15 is 0 Å². The van der Waals surface area contributed by atoms with Crippen LogP contribution in [0, 0.1) is 0 Å². The second-order valence-corrected chi connectivity index (χ2v) is 7.50. The third-order valence-corrected chi connectivity index (χ3v) is 5.40. The minimum atomic E-state index is -0.678. The standard InChI is InChI=1S/C26H22O6/c1-16(27)17-9-10-24(25(13-17)30-2)31-15-26(29)32-14-23(28)20-8-7-19-11-18-5-3-4-6-21(18)22(19)12-20/h3-10,12-13H,11,14-15H2,1-2H3. The monoisotopic (exact) mass is 430 g/mol. The zero-order chi connectivity index (χ0) is 22.7. The molecule has 0 atom stereocenters. The first-order valence-electron chi connectivity index (χ1n) is 10.2. The summed E-state index contributed by atoms with van der Waals surface area (Å²) in [5, 5.41) is 0. The molecule has 4 rings (SSSR count). The minimum Gasteiger partial charge on any atom is -0.493 e. The lowest BCUT2D eigenvalue weighted by atomic mass is 10.0. The summed E-state index contributed by atoms with van der Waals surface area (Å²) in [6.45, 7) is 0.688. The van der Waals surface area contributed by atoms with Gasteiger partial charge in [-0.3, -0.25) is 9.59 Å². The van der Waals surface area contributed by atoms with Crippen molar-refractivity contribution in [2.24, 2.45) is 0 Å². The van der Waals surface area contributed by atoms with Gasteiger partial charge in [-0.2, -0.15) is 0 Å². The summed E-state index contributed by atoms with van der Waals surface area (Å²) < 4.78 is 15.7. The molecule has 6 heteroatoms. The summed E-state index contributed by atoms with van der Waals surface area (Å²) in [6, 6.07) is 18.4. The summed E-state index contributed by atoms with van der Waals surface area (Å²) >= 11 is 0. The molecule has 3 aromatic carbocycles. The molecule has 0 amide bonds. The zero-order valence-electron chi connectivity index (χ0n) is 17.8. The molecule has 0 aliphatic heterocycles. The Hall–Kier alpha value is -3.93. The predicted molar refractivity (Wildman–Crippen MR) is 118 cm³/mol. The highest BCUT2D eigenvalue weighted by Crippen LogP contribution is 2.36. The molecule has 162 valence electrons. The van der Waals surface area contributed by atoms with Gasteiger partial charge in [0, 0.05) is 11.1 Å². The third-order valence-electron chi connectivity index (χ3n) is 5.40. The van der Waals surface area contributed by atoms with Crippen LogP contribution in [0.5, 0.6) is 11.5 Å². The summed E-state index contributed by atoms with van der Waals surface area (Å²) in [5.74, 6) is -0.433. The van der Waals surface area contributed by atoms with Crippen LogP contribution in [-0.4, -0.2) is 37.9 Å². The second kappa shape index (κ2) is 9.06. The number of ketones is 2. The van der Waals surface area contributed by atoms with Crippen LogP contribution >= 0.6 is 0 Å². The number of carbonyl (C=O) groups excluding carboxylic acids is 3.